The van der Waals surface area contributed by atoms with Gasteiger partial charge in [-0.1, -0.05) is 30.3 Å². The van der Waals surface area contributed by atoms with Gasteiger partial charge in [0.15, 0.2) is 0 Å². The lowest BCUT2D eigenvalue weighted by Gasteiger charge is -2.06. The van der Waals surface area contributed by atoms with Crippen LogP contribution < -0.4 is 10.1 Å². The van der Waals surface area contributed by atoms with E-state index in [-0.39, 0.29) is 5.57 Å². The van der Waals surface area contributed by atoms with E-state index in [9.17, 15) is 14.9 Å². The van der Waals surface area contributed by atoms with Crippen LogP contribution in [0.1, 0.15) is 15.9 Å². The van der Waals surface area contributed by atoms with Crippen LogP contribution in [0.15, 0.2) is 84.4 Å². The molecule has 3 aromatic rings. The maximum Gasteiger partial charge on any atom is 0.343 e. The van der Waals surface area contributed by atoms with Crippen molar-refractivity contribution in [2.45, 2.75) is 0 Å². The van der Waals surface area contributed by atoms with Gasteiger partial charge in [-0.25, -0.2) is 4.79 Å². The second-order valence-electron chi connectivity index (χ2n) is 5.96. The number of halogens is 1. The van der Waals surface area contributed by atoms with Gasteiger partial charge in [-0.15, -0.1) is 0 Å². The first kappa shape index (κ1) is 20.3. The lowest BCUT2D eigenvalue weighted by atomic mass is 10.1. The molecule has 0 saturated carbocycles. The number of esters is 1. The minimum Gasteiger partial charge on any atom is -0.423 e. The Bertz CT molecular complexity index is 1080. The zero-order valence-corrected chi connectivity index (χ0v) is 17.3. The number of carbonyl (C=O) groups is 2. The number of anilines is 1. The Morgan fingerprint density at radius 2 is 1.59 bits per heavy atom. The topological polar surface area (TPSA) is 79.2 Å². The molecular formula is C23H15IN2O3. The molecule has 6 heteroatoms. The summed E-state index contributed by atoms with van der Waals surface area (Å²) < 4.78 is 6.36. The molecule has 0 aliphatic rings. The zero-order valence-electron chi connectivity index (χ0n) is 15.1. The summed E-state index contributed by atoms with van der Waals surface area (Å²) in [5.41, 5.74) is 1.67. The monoisotopic (exact) mass is 494 g/mol. The quantitative estimate of drug-likeness (QED) is 0.177. The summed E-state index contributed by atoms with van der Waals surface area (Å²) in [5.74, 6) is -0.574. The maximum absolute atomic E-state index is 12.3. The van der Waals surface area contributed by atoms with Gasteiger partial charge in [0.2, 0.25) is 0 Å². The van der Waals surface area contributed by atoms with Gasteiger partial charge in [0.1, 0.15) is 17.4 Å². The average molecular weight is 494 g/mol. The minimum absolute atomic E-state index is 0.0300. The molecule has 0 aliphatic carbocycles. The third-order valence-electron chi connectivity index (χ3n) is 3.88. The van der Waals surface area contributed by atoms with Crippen molar-refractivity contribution in [2.24, 2.45) is 0 Å². The van der Waals surface area contributed by atoms with Gasteiger partial charge in [0, 0.05) is 9.26 Å². The third-order valence-corrected chi connectivity index (χ3v) is 4.60. The first-order chi connectivity index (χ1) is 14.0. The van der Waals surface area contributed by atoms with Gasteiger partial charge >= 0.3 is 5.97 Å². The minimum atomic E-state index is -0.492. The molecule has 0 saturated heterocycles. The summed E-state index contributed by atoms with van der Waals surface area (Å²) in [6.07, 6.45) is 1.48. The van der Waals surface area contributed by atoms with Crippen LogP contribution in [0.25, 0.3) is 6.08 Å². The molecule has 0 radical (unpaired) electrons. The van der Waals surface area contributed by atoms with Crippen molar-refractivity contribution in [3.05, 3.63) is 99.1 Å². The van der Waals surface area contributed by atoms with E-state index in [4.69, 9.17) is 4.74 Å². The first-order valence-electron chi connectivity index (χ1n) is 8.61. The Balaban J connectivity index is 1.68. The lowest BCUT2D eigenvalue weighted by molar-refractivity contribution is -0.112. The molecule has 1 N–H and O–H groups in total. The molecule has 0 heterocycles. The summed E-state index contributed by atoms with van der Waals surface area (Å²) in [6, 6.07) is 24.4. The molecule has 3 aromatic carbocycles. The van der Waals surface area contributed by atoms with Gasteiger partial charge in [0.05, 0.1) is 5.56 Å². The van der Waals surface area contributed by atoms with E-state index in [1.807, 2.05) is 24.3 Å². The fraction of sp³-hybridized carbons (Fsp3) is 0. The average Bonchev–Trinajstić information content (AvgIpc) is 2.75. The van der Waals surface area contributed by atoms with Crippen molar-refractivity contribution in [1.29, 1.82) is 5.26 Å². The molecular weight excluding hydrogens is 479 g/mol. The van der Waals surface area contributed by atoms with Crippen molar-refractivity contribution in [1.82, 2.24) is 0 Å². The predicted octanol–water partition coefficient (Wildman–Crippen LogP) is 5.06. The summed E-state index contributed by atoms with van der Waals surface area (Å²) in [4.78, 5) is 24.4. The number of nitriles is 1. The van der Waals surface area contributed by atoms with Crippen LogP contribution in [-0.2, 0) is 4.79 Å². The van der Waals surface area contributed by atoms with Crippen molar-refractivity contribution in [3.63, 3.8) is 0 Å². The molecule has 0 fully saturated rings. The Hall–Kier alpha value is -3.44. The highest BCUT2D eigenvalue weighted by molar-refractivity contribution is 14.1. The SMILES string of the molecule is N#C/C(=C/c1ccc(OC(=O)c2ccccc2)cc1)C(=O)Nc1ccc(I)cc1. The van der Waals surface area contributed by atoms with Gasteiger partial charge in [0.25, 0.3) is 5.91 Å². The molecule has 142 valence electrons. The number of hydrogen-bond acceptors (Lipinski definition) is 4. The van der Waals surface area contributed by atoms with Crippen LogP contribution in [0.5, 0.6) is 5.75 Å². The normalized spacial score (nSPS) is 10.7. The van der Waals surface area contributed by atoms with Crippen LogP contribution in [0, 0.1) is 14.9 Å². The molecule has 0 unspecified atom stereocenters. The van der Waals surface area contributed by atoms with Gasteiger partial charge in [-0.2, -0.15) is 5.26 Å². The number of ether oxygens (including phenoxy) is 1. The molecule has 0 aromatic heterocycles. The van der Waals surface area contributed by atoms with Gasteiger partial charge in [-0.05, 0) is 82.8 Å². The standard InChI is InChI=1S/C23H15IN2O3/c24-19-8-10-20(11-9-19)26-22(27)18(15-25)14-16-6-12-21(13-7-16)29-23(28)17-4-2-1-3-5-17/h1-14H,(H,26,27)/b18-14-. The summed E-state index contributed by atoms with van der Waals surface area (Å²) >= 11 is 2.17. The number of benzene rings is 3. The third kappa shape index (κ3) is 5.77. The highest BCUT2D eigenvalue weighted by atomic mass is 127. The van der Waals surface area contributed by atoms with E-state index in [1.165, 1.54) is 6.08 Å². The van der Waals surface area contributed by atoms with Crippen LogP contribution in [0.3, 0.4) is 0 Å². The molecule has 0 atom stereocenters. The van der Waals surface area contributed by atoms with E-state index in [2.05, 4.69) is 27.9 Å². The van der Waals surface area contributed by atoms with Crippen LogP contribution in [0.4, 0.5) is 5.69 Å². The van der Waals surface area contributed by atoms with Crippen LogP contribution in [0.2, 0.25) is 0 Å². The zero-order chi connectivity index (χ0) is 20.6. The van der Waals surface area contributed by atoms with Crippen molar-refractivity contribution in [2.75, 3.05) is 5.32 Å². The second-order valence-corrected chi connectivity index (χ2v) is 7.20. The largest absolute Gasteiger partial charge is 0.423 e. The smallest absolute Gasteiger partial charge is 0.343 e. The second kappa shape index (κ2) is 9.66. The summed E-state index contributed by atoms with van der Waals surface area (Å²) in [7, 11) is 0. The summed E-state index contributed by atoms with van der Waals surface area (Å²) in [6.45, 7) is 0. The molecule has 5 nitrogen and oxygen atoms in total. The maximum atomic E-state index is 12.3. The molecule has 1 amide bonds. The summed E-state index contributed by atoms with van der Waals surface area (Å²) in [5, 5.41) is 12.0. The molecule has 3 rings (SSSR count). The Morgan fingerprint density at radius 3 is 2.21 bits per heavy atom. The Kier molecular flexibility index (Phi) is 6.76. The van der Waals surface area contributed by atoms with Crippen LogP contribution in [-0.4, -0.2) is 11.9 Å². The Morgan fingerprint density at radius 1 is 0.931 bits per heavy atom. The number of nitrogens with zero attached hydrogens (tertiary/aromatic N) is 1. The van der Waals surface area contributed by atoms with E-state index in [0.717, 1.165) is 3.57 Å². The fourth-order valence-corrected chi connectivity index (χ4v) is 2.78. The van der Waals surface area contributed by atoms with E-state index >= 15 is 0 Å². The Labute approximate surface area is 181 Å². The van der Waals surface area contributed by atoms with E-state index < -0.39 is 11.9 Å². The van der Waals surface area contributed by atoms with Crippen LogP contribution >= 0.6 is 22.6 Å². The van der Waals surface area contributed by atoms with E-state index in [0.29, 0.717) is 22.6 Å². The van der Waals surface area contributed by atoms with Gasteiger partial charge < -0.3 is 10.1 Å². The number of rotatable bonds is 5. The number of amides is 1. The highest BCUT2D eigenvalue weighted by Crippen LogP contribution is 2.17. The number of carbonyl (C=O) groups excluding carboxylic acids is 2. The van der Waals surface area contributed by atoms with Crippen molar-refractivity contribution in [3.8, 4) is 11.8 Å². The predicted molar refractivity (Wildman–Crippen MR) is 119 cm³/mol. The number of nitrogens with one attached hydrogen (secondary N) is 1. The molecule has 29 heavy (non-hydrogen) atoms. The highest BCUT2D eigenvalue weighted by Gasteiger charge is 2.10. The first-order valence-corrected chi connectivity index (χ1v) is 9.69. The molecule has 0 aliphatic heterocycles. The lowest BCUT2D eigenvalue weighted by Crippen LogP contribution is -2.13. The van der Waals surface area contributed by atoms with E-state index in [1.54, 1.807) is 60.7 Å². The fourth-order valence-electron chi connectivity index (χ4n) is 2.42. The molecule has 0 spiro atoms. The molecule has 0 bridgehead atoms. The van der Waals surface area contributed by atoms with Gasteiger partial charge in [-0.3, -0.25) is 4.79 Å². The number of hydrogen-bond donors (Lipinski definition) is 1. The van der Waals surface area contributed by atoms with Crippen molar-refractivity contribution >= 4 is 46.2 Å². The van der Waals surface area contributed by atoms with Crippen molar-refractivity contribution < 1.29 is 14.3 Å².